The Morgan fingerprint density at radius 1 is 1.24 bits per heavy atom. The average Bonchev–Trinajstić information content (AvgIpc) is 3.45. The lowest BCUT2D eigenvalue weighted by Crippen LogP contribution is -2.45. The van der Waals surface area contributed by atoms with Gasteiger partial charge in [-0.2, -0.15) is 0 Å². The molecule has 0 radical (unpaired) electrons. The van der Waals surface area contributed by atoms with Crippen molar-refractivity contribution < 1.29 is 14.2 Å². The maximum absolute atomic E-state index is 5.73. The van der Waals surface area contributed by atoms with E-state index in [0.717, 1.165) is 63.9 Å². The number of aliphatic imine (C=N–C) groups is 1. The van der Waals surface area contributed by atoms with E-state index >= 15 is 0 Å². The average molecular weight is 404 g/mol. The summed E-state index contributed by atoms with van der Waals surface area (Å²) in [5.41, 5.74) is 1.51. The summed E-state index contributed by atoms with van der Waals surface area (Å²) in [6.07, 6.45) is 8.48. The standard InChI is InChI=1S/C23H37N3O3/c1-24-22(25-13-7-14-28-17-21-10-6-15-29-21)26-18-23(11-3-4-12-23)19-8-5-9-20(16-19)27-2/h5,8-9,16,21H,3-4,6-7,10-15,17-18H2,1-2H3,(H2,24,25,26). The van der Waals surface area contributed by atoms with Gasteiger partial charge in [-0.05, 0) is 49.8 Å². The van der Waals surface area contributed by atoms with Gasteiger partial charge in [0.2, 0.25) is 0 Å². The molecule has 1 aromatic carbocycles. The first-order chi connectivity index (χ1) is 14.3. The summed E-state index contributed by atoms with van der Waals surface area (Å²) in [6, 6.07) is 8.53. The molecule has 1 saturated heterocycles. The molecule has 6 nitrogen and oxygen atoms in total. The van der Waals surface area contributed by atoms with E-state index in [2.05, 4.69) is 33.8 Å². The summed E-state index contributed by atoms with van der Waals surface area (Å²) in [5.74, 6) is 1.79. The first-order valence-electron chi connectivity index (χ1n) is 11.0. The van der Waals surface area contributed by atoms with Gasteiger partial charge < -0.3 is 24.8 Å². The molecule has 2 aliphatic rings. The Bertz CT molecular complexity index is 638. The highest BCUT2D eigenvalue weighted by Crippen LogP contribution is 2.41. The van der Waals surface area contributed by atoms with Crippen LogP contribution in [0.2, 0.25) is 0 Å². The summed E-state index contributed by atoms with van der Waals surface area (Å²) in [5, 5.41) is 6.98. The van der Waals surface area contributed by atoms with Crippen LogP contribution in [-0.2, 0) is 14.9 Å². The molecule has 3 rings (SSSR count). The van der Waals surface area contributed by atoms with Crippen molar-refractivity contribution in [3.63, 3.8) is 0 Å². The van der Waals surface area contributed by atoms with Gasteiger partial charge in [-0.15, -0.1) is 0 Å². The zero-order chi connectivity index (χ0) is 20.4. The molecule has 1 aliphatic heterocycles. The minimum Gasteiger partial charge on any atom is -0.497 e. The van der Waals surface area contributed by atoms with Crippen LogP contribution in [0.25, 0.3) is 0 Å². The summed E-state index contributed by atoms with van der Waals surface area (Å²) in [7, 11) is 3.56. The van der Waals surface area contributed by atoms with Gasteiger partial charge in [-0.25, -0.2) is 0 Å². The van der Waals surface area contributed by atoms with Crippen LogP contribution in [0.4, 0.5) is 0 Å². The van der Waals surface area contributed by atoms with Crippen LogP contribution < -0.4 is 15.4 Å². The van der Waals surface area contributed by atoms with Gasteiger partial charge in [-0.1, -0.05) is 25.0 Å². The van der Waals surface area contributed by atoms with Crippen LogP contribution in [0, 0.1) is 0 Å². The molecule has 0 bridgehead atoms. The third-order valence-electron chi connectivity index (χ3n) is 6.15. The fourth-order valence-corrected chi connectivity index (χ4v) is 4.42. The van der Waals surface area contributed by atoms with E-state index in [1.54, 1.807) is 7.11 Å². The Labute approximate surface area is 175 Å². The van der Waals surface area contributed by atoms with Crippen LogP contribution in [0.1, 0.15) is 50.5 Å². The number of guanidine groups is 1. The Kier molecular flexibility index (Phi) is 8.62. The Hall–Kier alpha value is -1.79. The number of ether oxygens (including phenoxy) is 3. The van der Waals surface area contributed by atoms with Crippen molar-refractivity contribution in [2.75, 3.05) is 47.1 Å². The second-order valence-corrected chi connectivity index (χ2v) is 8.14. The molecule has 1 heterocycles. The van der Waals surface area contributed by atoms with E-state index in [9.17, 15) is 0 Å². The zero-order valence-corrected chi connectivity index (χ0v) is 18.0. The molecular formula is C23H37N3O3. The normalized spacial score (nSPS) is 21.3. The Balaban J connectivity index is 1.42. The van der Waals surface area contributed by atoms with Crippen LogP contribution in [-0.4, -0.2) is 59.1 Å². The Morgan fingerprint density at radius 2 is 2.10 bits per heavy atom. The molecule has 6 heteroatoms. The first-order valence-corrected chi connectivity index (χ1v) is 11.0. The van der Waals surface area contributed by atoms with Crippen LogP contribution in [0.5, 0.6) is 5.75 Å². The highest BCUT2D eigenvalue weighted by molar-refractivity contribution is 5.79. The van der Waals surface area contributed by atoms with Crippen molar-refractivity contribution in [3.05, 3.63) is 29.8 Å². The second kappa shape index (κ2) is 11.4. The third kappa shape index (κ3) is 6.34. The maximum Gasteiger partial charge on any atom is 0.191 e. The second-order valence-electron chi connectivity index (χ2n) is 8.14. The number of methoxy groups -OCH3 is 1. The molecule has 1 saturated carbocycles. The molecule has 1 unspecified atom stereocenters. The van der Waals surface area contributed by atoms with E-state index in [-0.39, 0.29) is 5.41 Å². The highest BCUT2D eigenvalue weighted by atomic mass is 16.5. The lowest BCUT2D eigenvalue weighted by molar-refractivity contribution is 0.0168. The van der Waals surface area contributed by atoms with Gasteiger partial charge in [0, 0.05) is 38.8 Å². The van der Waals surface area contributed by atoms with Gasteiger partial charge in [0.1, 0.15) is 5.75 Å². The highest BCUT2D eigenvalue weighted by Gasteiger charge is 2.36. The topological polar surface area (TPSA) is 64.1 Å². The van der Waals surface area contributed by atoms with Crippen molar-refractivity contribution in [2.45, 2.75) is 56.5 Å². The monoisotopic (exact) mass is 403 g/mol. The predicted molar refractivity (Wildman–Crippen MR) is 117 cm³/mol. The van der Waals surface area contributed by atoms with Gasteiger partial charge >= 0.3 is 0 Å². The van der Waals surface area contributed by atoms with E-state index in [1.807, 2.05) is 13.1 Å². The summed E-state index contributed by atoms with van der Waals surface area (Å²) < 4.78 is 16.8. The third-order valence-corrected chi connectivity index (χ3v) is 6.15. The van der Waals surface area contributed by atoms with Gasteiger partial charge in [-0.3, -0.25) is 4.99 Å². The fourth-order valence-electron chi connectivity index (χ4n) is 4.42. The van der Waals surface area contributed by atoms with Gasteiger partial charge in [0.15, 0.2) is 5.96 Å². The number of nitrogens with zero attached hydrogens (tertiary/aromatic N) is 1. The molecule has 1 atom stereocenters. The van der Waals surface area contributed by atoms with Crippen LogP contribution in [0.15, 0.2) is 29.3 Å². The number of nitrogens with one attached hydrogen (secondary N) is 2. The molecule has 162 valence electrons. The smallest absolute Gasteiger partial charge is 0.191 e. The molecule has 0 spiro atoms. The van der Waals surface area contributed by atoms with E-state index < -0.39 is 0 Å². The van der Waals surface area contributed by atoms with E-state index in [4.69, 9.17) is 14.2 Å². The zero-order valence-electron chi connectivity index (χ0n) is 18.0. The molecule has 2 fully saturated rings. The van der Waals surface area contributed by atoms with E-state index in [0.29, 0.717) is 6.10 Å². The number of benzene rings is 1. The van der Waals surface area contributed by atoms with Crippen LogP contribution >= 0.6 is 0 Å². The molecule has 0 aromatic heterocycles. The molecule has 1 aliphatic carbocycles. The molecule has 0 amide bonds. The van der Waals surface area contributed by atoms with Crippen molar-refractivity contribution in [1.82, 2.24) is 10.6 Å². The fraction of sp³-hybridized carbons (Fsp3) is 0.696. The lowest BCUT2D eigenvalue weighted by Gasteiger charge is -2.31. The van der Waals surface area contributed by atoms with Crippen molar-refractivity contribution in [3.8, 4) is 5.75 Å². The largest absolute Gasteiger partial charge is 0.497 e. The maximum atomic E-state index is 5.73. The molecule has 29 heavy (non-hydrogen) atoms. The molecular weight excluding hydrogens is 366 g/mol. The summed E-state index contributed by atoms with van der Waals surface area (Å²) >= 11 is 0. The Morgan fingerprint density at radius 3 is 2.83 bits per heavy atom. The summed E-state index contributed by atoms with van der Waals surface area (Å²) in [4.78, 5) is 4.40. The first kappa shape index (κ1) is 21.9. The lowest BCUT2D eigenvalue weighted by atomic mass is 9.78. The van der Waals surface area contributed by atoms with E-state index in [1.165, 1.54) is 31.2 Å². The quantitative estimate of drug-likeness (QED) is 0.357. The molecule has 2 N–H and O–H groups in total. The minimum absolute atomic E-state index is 0.149. The predicted octanol–water partition coefficient (Wildman–Crippen LogP) is 3.26. The number of hydrogen-bond donors (Lipinski definition) is 2. The van der Waals surface area contributed by atoms with Crippen LogP contribution in [0.3, 0.4) is 0 Å². The van der Waals surface area contributed by atoms with Crippen molar-refractivity contribution in [1.29, 1.82) is 0 Å². The number of hydrogen-bond acceptors (Lipinski definition) is 4. The van der Waals surface area contributed by atoms with Crippen molar-refractivity contribution >= 4 is 5.96 Å². The minimum atomic E-state index is 0.149. The molecule has 1 aromatic rings. The van der Waals surface area contributed by atoms with Gasteiger partial charge in [0.05, 0.1) is 19.8 Å². The van der Waals surface area contributed by atoms with Crippen molar-refractivity contribution in [2.24, 2.45) is 4.99 Å². The summed E-state index contributed by atoms with van der Waals surface area (Å²) in [6.45, 7) is 4.08. The SMILES string of the molecule is CN=C(NCCCOCC1CCCO1)NCC1(c2cccc(OC)c2)CCCC1. The van der Waals surface area contributed by atoms with Gasteiger partial charge in [0.25, 0.3) is 0 Å². The number of rotatable bonds is 10.